The van der Waals surface area contributed by atoms with E-state index in [9.17, 15) is 42.5 Å². The molecule has 3 aromatic carbocycles. The van der Waals surface area contributed by atoms with Gasteiger partial charge in [0.05, 0.1) is 33.0 Å². The summed E-state index contributed by atoms with van der Waals surface area (Å²) in [6.45, 7) is -0.474. The Labute approximate surface area is 289 Å². The number of anilines is 2. The minimum Gasteiger partial charge on any atom is -0.484 e. The molecule has 2 bridgehead atoms. The summed E-state index contributed by atoms with van der Waals surface area (Å²) in [5.74, 6) is -2.86. The molecule has 6 unspecified atom stereocenters. The molecule has 3 heterocycles. The van der Waals surface area contributed by atoms with Crippen molar-refractivity contribution in [1.82, 2.24) is 4.98 Å². The number of hydrogen-bond donors (Lipinski definition) is 2. The van der Waals surface area contributed by atoms with Gasteiger partial charge in [0.15, 0.2) is 6.61 Å². The summed E-state index contributed by atoms with van der Waals surface area (Å²) < 4.78 is 45.1. The van der Waals surface area contributed by atoms with Gasteiger partial charge in [0.1, 0.15) is 5.75 Å². The van der Waals surface area contributed by atoms with Gasteiger partial charge >= 0.3 is 11.0 Å². The zero-order chi connectivity index (χ0) is 35.1. The highest BCUT2D eigenvalue weighted by Crippen LogP contribution is 2.68. The molecule has 16 heteroatoms. The first-order chi connectivity index (χ1) is 23.9. The molecule has 1 aromatic heterocycles. The predicted octanol–water partition coefficient (Wildman–Crippen LogP) is 6.06. The predicted molar refractivity (Wildman–Crippen MR) is 176 cm³/mol. The van der Waals surface area contributed by atoms with E-state index in [2.05, 4.69) is 10.3 Å². The van der Waals surface area contributed by atoms with Crippen LogP contribution in [-0.2, 0) is 20.6 Å². The van der Waals surface area contributed by atoms with Crippen LogP contribution in [0.5, 0.6) is 5.75 Å². The number of imide groups is 1. The van der Waals surface area contributed by atoms with Crippen LogP contribution in [0.1, 0.15) is 28.3 Å². The number of amides is 3. The van der Waals surface area contributed by atoms with E-state index < -0.39 is 41.0 Å². The highest BCUT2D eigenvalue weighted by atomic mass is 32.2. The fourth-order valence-electron chi connectivity index (χ4n) is 8.28. The molecule has 4 aromatic rings. The number of thioether (sulfide) groups is 1. The molecular formula is C34H25F3N4O7S2. The van der Waals surface area contributed by atoms with E-state index in [1.807, 2.05) is 6.07 Å². The van der Waals surface area contributed by atoms with Crippen LogP contribution in [0.4, 0.5) is 30.2 Å². The number of thiazole rings is 1. The lowest BCUT2D eigenvalue weighted by Gasteiger charge is -2.43. The van der Waals surface area contributed by atoms with E-state index >= 15 is 0 Å². The van der Waals surface area contributed by atoms with Crippen molar-refractivity contribution >= 4 is 57.9 Å². The van der Waals surface area contributed by atoms with Crippen LogP contribution in [-0.4, -0.2) is 39.5 Å². The molecule has 11 nitrogen and oxygen atoms in total. The molecule has 3 fully saturated rings. The number of nitro groups is 1. The molecule has 7 atom stereocenters. The second-order valence-corrected chi connectivity index (χ2v) is 14.9. The Morgan fingerprint density at radius 2 is 1.72 bits per heavy atom. The molecule has 2 saturated carbocycles. The number of carbonyl (C=O) groups is 3. The summed E-state index contributed by atoms with van der Waals surface area (Å²) in [7, 11) is 0. The molecule has 0 radical (unpaired) electrons. The molecular weight excluding hydrogens is 698 g/mol. The number of nitro benzene ring substituents is 1. The molecule has 8 rings (SSSR count). The third kappa shape index (κ3) is 5.28. The van der Waals surface area contributed by atoms with Gasteiger partial charge in [-0.05, 0) is 72.2 Å². The Morgan fingerprint density at radius 3 is 2.44 bits per heavy atom. The number of rotatable bonds is 7. The van der Waals surface area contributed by atoms with E-state index in [0.717, 1.165) is 38.8 Å². The van der Waals surface area contributed by atoms with Crippen molar-refractivity contribution < 1.29 is 37.2 Å². The van der Waals surface area contributed by atoms with Gasteiger partial charge in [-0.1, -0.05) is 29.5 Å². The summed E-state index contributed by atoms with van der Waals surface area (Å²) in [4.78, 5) is 68.4. The maximum absolute atomic E-state index is 14.0. The maximum atomic E-state index is 14.0. The van der Waals surface area contributed by atoms with E-state index in [1.165, 1.54) is 48.2 Å². The largest absolute Gasteiger partial charge is 0.484 e. The Kier molecular flexibility index (Phi) is 7.63. The molecule has 2 aliphatic carbocycles. The number of nitrogens with zero attached hydrogens (tertiary/aromatic N) is 2. The van der Waals surface area contributed by atoms with Crippen molar-refractivity contribution in [2.75, 3.05) is 16.8 Å². The smallest absolute Gasteiger partial charge is 0.416 e. The number of ether oxygens (including phenoxy) is 1. The van der Waals surface area contributed by atoms with E-state index in [0.29, 0.717) is 17.2 Å². The van der Waals surface area contributed by atoms with Crippen LogP contribution in [0.25, 0.3) is 0 Å². The molecule has 0 spiro atoms. The SMILES string of the molecule is O=C(COc1cccc([C@H]2c3sc(=O)[nH]c3SC3C4CC(C5C(=O)N(c6ccc([N+](=O)[O-])cc6)C(=O)C45)C32)c1)Nc1cccc(C(F)(F)F)c1. The van der Waals surface area contributed by atoms with Crippen molar-refractivity contribution in [2.45, 2.75) is 28.8 Å². The topological polar surface area (TPSA) is 152 Å². The highest BCUT2D eigenvalue weighted by Gasteiger charge is 2.69. The van der Waals surface area contributed by atoms with Crippen molar-refractivity contribution in [3.05, 3.63) is 109 Å². The fraction of sp³-hybridized carbons (Fsp3) is 0.294. The lowest BCUT2D eigenvalue weighted by Crippen LogP contribution is -2.42. The first-order valence-electron chi connectivity index (χ1n) is 15.6. The van der Waals surface area contributed by atoms with E-state index in [4.69, 9.17) is 4.74 Å². The van der Waals surface area contributed by atoms with Gasteiger partial charge in [0.2, 0.25) is 11.8 Å². The van der Waals surface area contributed by atoms with Crippen molar-refractivity contribution in [3.8, 4) is 5.75 Å². The second-order valence-electron chi connectivity index (χ2n) is 12.7. The van der Waals surface area contributed by atoms with Crippen LogP contribution in [0.2, 0.25) is 0 Å². The third-order valence-electron chi connectivity index (χ3n) is 10.1. The van der Waals surface area contributed by atoms with Crippen molar-refractivity contribution in [2.24, 2.45) is 29.6 Å². The van der Waals surface area contributed by atoms with E-state index in [1.54, 1.807) is 18.2 Å². The summed E-state index contributed by atoms with van der Waals surface area (Å²) in [5, 5.41) is 14.2. The first-order valence-corrected chi connectivity index (χ1v) is 17.3. The van der Waals surface area contributed by atoms with Crippen LogP contribution in [0.3, 0.4) is 0 Å². The Balaban J connectivity index is 1.05. The van der Waals surface area contributed by atoms with Gasteiger partial charge < -0.3 is 15.0 Å². The maximum Gasteiger partial charge on any atom is 0.416 e. The summed E-state index contributed by atoms with van der Waals surface area (Å²) in [5.41, 5.74) is 0.0113. The highest BCUT2D eigenvalue weighted by molar-refractivity contribution is 8.00. The fourth-order valence-corrected chi connectivity index (χ4v) is 11.2. The normalized spacial score (nSPS) is 26.4. The zero-order valence-corrected chi connectivity index (χ0v) is 27.2. The number of H-pyrrole nitrogens is 1. The summed E-state index contributed by atoms with van der Waals surface area (Å²) in [6, 6.07) is 16.7. The molecule has 4 aliphatic rings. The number of carbonyl (C=O) groups excluding carboxylic acids is 3. The molecule has 50 heavy (non-hydrogen) atoms. The monoisotopic (exact) mass is 722 g/mol. The Bertz CT molecular complexity index is 2140. The number of benzene rings is 3. The number of aromatic nitrogens is 1. The molecule has 1 saturated heterocycles. The first kappa shape index (κ1) is 32.3. The van der Waals surface area contributed by atoms with Crippen LogP contribution >= 0.6 is 23.1 Å². The number of non-ortho nitro benzene ring substituents is 1. The zero-order valence-electron chi connectivity index (χ0n) is 25.6. The second kappa shape index (κ2) is 11.8. The molecule has 3 amide bonds. The lowest BCUT2D eigenvalue weighted by atomic mass is 9.68. The van der Waals surface area contributed by atoms with Crippen LogP contribution in [0, 0.1) is 39.7 Å². The van der Waals surface area contributed by atoms with Gasteiger partial charge in [-0.2, -0.15) is 13.2 Å². The summed E-state index contributed by atoms with van der Waals surface area (Å²) in [6.07, 6.45) is -3.90. The van der Waals surface area contributed by atoms with Gasteiger partial charge in [-0.15, -0.1) is 11.8 Å². The quantitative estimate of drug-likeness (QED) is 0.133. The number of halogens is 3. The number of alkyl halides is 3. The molecule has 2 N–H and O–H groups in total. The van der Waals surface area contributed by atoms with Crippen LogP contribution < -0.4 is 19.8 Å². The number of nitrogens with one attached hydrogen (secondary N) is 2. The van der Waals surface area contributed by atoms with E-state index in [-0.39, 0.29) is 62.7 Å². The van der Waals surface area contributed by atoms with Crippen molar-refractivity contribution in [3.63, 3.8) is 0 Å². The molecule has 2 aliphatic heterocycles. The molecule has 256 valence electrons. The Hall–Kier alpha value is -4.96. The standard InChI is InChI=1S/C34H25F3N4O7S2/c35-34(36,37)16-4-2-5-17(12-16)38-23(42)14-48-20-6-1-3-15(11-20)24-25-21-13-22(28(25)49-30-29(24)50-33(45)39-30)27-26(21)31(43)40(32(27)44)18-7-9-19(10-8-18)41(46)47/h1-12,21-22,24-28H,13-14H2,(H,38,42)(H,39,45)/t21?,22?,24-,25?,26?,27?,28?/m1/s1. The third-order valence-corrected chi connectivity index (χ3v) is 12.7. The number of aromatic amines is 1. The Morgan fingerprint density at radius 1 is 1.00 bits per heavy atom. The lowest BCUT2D eigenvalue weighted by molar-refractivity contribution is -0.384. The van der Waals surface area contributed by atoms with Gasteiger partial charge in [0, 0.05) is 33.9 Å². The average Bonchev–Trinajstić information content (AvgIpc) is 3.82. The number of fused-ring (bicyclic) bond motifs is 9. The van der Waals surface area contributed by atoms with Gasteiger partial charge in [0.25, 0.3) is 11.6 Å². The minimum atomic E-state index is -4.56. The minimum absolute atomic E-state index is 0.0236. The van der Waals surface area contributed by atoms with Gasteiger partial charge in [-0.3, -0.25) is 34.2 Å². The van der Waals surface area contributed by atoms with Gasteiger partial charge in [-0.25, -0.2) is 0 Å². The average molecular weight is 723 g/mol. The summed E-state index contributed by atoms with van der Waals surface area (Å²) >= 11 is 2.62. The van der Waals surface area contributed by atoms with Crippen LogP contribution in [0.15, 0.2) is 82.6 Å². The van der Waals surface area contributed by atoms with Crippen molar-refractivity contribution in [1.29, 1.82) is 0 Å². The number of hydrogen-bond acceptors (Lipinski definition) is 9.